The molecular weight excluding hydrogens is 318 g/mol. The van der Waals surface area contributed by atoms with E-state index in [1.165, 1.54) is 0 Å². The first-order valence-corrected chi connectivity index (χ1v) is 7.50. The number of carbonyl (C=O) groups excluding carboxylic acids is 2. The highest BCUT2D eigenvalue weighted by Crippen LogP contribution is 2.26. The first kappa shape index (κ1) is 15.4. The number of carbonyl (C=O) groups is 2. The van der Waals surface area contributed by atoms with Crippen molar-refractivity contribution in [1.29, 1.82) is 0 Å². The van der Waals surface area contributed by atoms with E-state index in [0.717, 1.165) is 11.3 Å². The van der Waals surface area contributed by atoms with Gasteiger partial charge in [0, 0.05) is 17.1 Å². The van der Waals surface area contributed by atoms with Gasteiger partial charge >= 0.3 is 5.97 Å². The molecule has 0 saturated carbocycles. The van der Waals surface area contributed by atoms with Gasteiger partial charge in [-0.1, -0.05) is 11.6 Å². The molecule has 2 aromatic carbocycles. The number of ether oxygens (including phenoxy) is 2. The van der Waals surface area contributed by atoms with Crippen molar-refractivity contribution in [2.45, 2.75) is 12.8 Å². The minimum atomic E-state index is -0.500. The highest BCUT2D eigenvalue weighted by Gasteiger charge is 2.16. The fraction of sp³-hybridized carbons (Fsp3) is 0.176. The Hall–Kier alpha value is -2.53. The van der Waals surface area contributed by atoms with Gasteiger partial charge in [0.15, 0.2) is 6.61 Å². The number of hydrogen-bond donors (Lipinski definition) is 1. The van der Waals surface area contributed by atoms with Gasteiger partial charge in [0.2, 0.25) is 5.91 Å². The van der Waals surface area contributed by atoms with Crippen LogP contribution in [0.2, 0.25) is 5.02 Å². The van der Waals surface area contributed by atoms with Crippen LogP contribution in [0, 0.1) is 0 Å². The van der Waals surface area contributed by atoms with E-state index >= 15 is 0 Å². The molecule has 1 aliphatic rings. The number of hydrogen-bond acceptors (Lipinski definition) is 4. The Kier molecular flexibility index (Phi) is 4.48. The van der Waals surface area contributed by atoms with Crippen LogP contribution in [0.25, 0.3) is 0 Å². The Balaban J connectivity index is 1.57. The third kappa shape index (κ3) is 4.02. The summed E-state index contributed by atoms with van der Waals surface area (Å²) in [5.41, 5.74) is 1.71. The monoisotopic (exact) mass is 331 g/mol. The SMILES string of the molecule is O=C1CCc2cc(OC(=O)COc3ccc(Cl)cc3)ccc2N1. The summed E-state index contributed by atoms with van der Waals surface area (Å²) in [4.78, 5) is 23.1. The number of rotatable bonds is 4. The van der Waals surface area contributed by atoms with Gasteiger partial charge in [-0.3, -0.25) is 4.79 Å². The van der Waals surface area contributed by atoms with E-state index in [1.54, 1.807) is 42.5 Å². The second-order valence-electron chi connectivity index (χ2n) is 5.08. The summed E-state index contributed by atoms with van der Waals surface area (Å²) in [6.07, 6.45) is 1.07. The lowest BCUT2D eigenvalue weighted by molar-refractivity contribution is -0.136. The van der Waals surface area contributed by atoms with Crippen molar-refractivity contribution in [2.75, 3.05) is 11.9 Å². The van der Waals surface area contributed by atoms with Crippen LogP contribution >= 0.6 is 11.6 Å². The fourth-order valence-electron chi connectivity index (χ4n) is 2.26. The molecule has 5 nitrogen and oxygen atoms in total. The summed E-state index contributed by atoms with van der Waals surface area (Å²) in [6.45, 7) is -0.199. The second kappa shape index (κ2) is 6.71. The van der Waals surface area contributed by atoms with Gasteiger partial charge in [-0.15, -0.1) is 0 Å². The summed E-state index contributed by atoms with van der Waals surface area (Å²) in [5, 5.41) is 3.37. The minimum Gasteiger partial charge on any atom is -0.482 e. The molecule has 0 aromatic heterocycles. The van der Waals surface area contributed by atoms with Gasteiger partial charge in [-0.25, -0.2) is 4.79 Å². The normalized spacial score (nSPS) is 13.0. The lowest BCUT2D eigenvalue weighted by atomic mass is 10.0. The van der Waals surface area contributed by atoms with Gasteiger partial charge < -0.3 is 14.8 Å². The summed E-state index contributed by atoms with van der Waals surface area (Å²) >= 11 is 5.78. The van der Waals surface area contributed by atoms with Crippen molar-refractivity contribution in [2.24, 2.45) is 0 Å². The molecular formula is C17H14ClNO4. The van der Waals surface area contributed by atoms with Gasteiger partial charge in [-0.2, -0.15) is 0 Å². The van der Waals surface area contributed by atoms with Crippen LogP contribution in [-0.4, -0.2) is 18.5 Å². The highest BCUT2D eigenvalue weighted by molar-refractivity contribution is 6.30. The standard InChI is InChI=1S/C17H14ClNO4/c18-12-2-4-13(5-3-12)22-10-17(21)23-14-6-7-15-11(9-14)1-8-16(20)19-15/h2-7,9H,1,8,10H2,(H,19,20). The molecule has 1 heterocycles. The molecule has 0 unspecified atom stereocenters. The lowest BCUT2D eigenvalue weighted by Gasteiger charge is -2.17. The third-order valence-corrected chi connectivity index (χ3v) is 3.63. The Morgan fingerprint density at radius 3 is 2.61 bits per heavy atom. The molecule has 1 amide bonds. The van der Waals surface area contributed by atoms with Crippen LogP contribution in [-0.2, 0) is 16.0 Å². The van der Waals surface area contributed by atoms with Crippen molar-refractivity contribution in [3.05, 3.63) is 53.1 Å². The maximum absolute atomic E-state index is 11.8. The predicted octanol–water partition coefficient (Wildman–Crippen LogP) is 3.21. The van der Waals surface area contributed by atoms with Gasteiger partial charge in [-0.05, 0) is 54.4 Å². The van der Waals surface area contributed by atoms with Crippen molar-refractivity contribution in [1.82, 2.24) is 0 Å². The van der Waals surface area contributed by atoms with Crippen LogP contribution < -0.4 is 14.8 Å². The van der Waals surface area contributed by atoms with Crippen molar-refractivity contribution in [3.63, 3.8) is 0 Å². The second-order valence-corrected chi connectivity index (χ2v) is 5.52. The summed E-state index contributed by atoms with van der Waals surface area (Å²) in [7, 11) is 0. The molecule has 3 rings (SSSR count). The number of halogens is 1. The maximum Gasteiger partial charge on any atom is 0.349 e. The summed E-state index contributed by atoms with van der Waals surface area (Å²) in [6, 6.07) is 11.9. The van der Waals surface area contributed by atoms with Crippen LogP contribution in [0.5, 0.6) is 11.5 Å². The number of amides is 1. The zero-order valence-corrected chi connectivity index (χ0v) is 12.9. The molecule has 0 bridgehead atoms. The van der Waals surface area contributed by atoms with E-state index in [9.17, 15) is 9.59 Å². The molecule has 6 heteroatoms. The first-order valence-electron chi connectivity index (χ1n) is 7.12. The van der Waals surface area contributed by atoms with E-state index in [2.05, 4.69) is 5.32 Å². The predicted molar refractivity (Wildman–Crippen MR) is 86.0 cm³/mol. The van der Waals surface area contributed by atoms with Gasteiger partial charge in [0.25, 0.3) is 0 Å². The molecule has 0 fully saturated rings. The molecule has 23 heavy (non-hydrogen) atoms. The summed E-state index contributed by atoms with van der Waals surface area (Å²) < 4.78 is 10.6. The van der Waals surface area contributed by atoms with E-state index < -0.39 is 5.97 Å². The zero-order valence-electron chi connectivity index (χ0n) is 12.2. The van der Waals surface area contributed by atoms with Crippen molar-refractivity contribution in [3.8, 4) is 11.5 Å². The van der Waals surface area contributed by atoms with Crippen LogP contribution in [0.4, 0.5) is 5.69 Å². The summed E-state index contributed by atoms with van der Waals surface area (Å²) in [5.74, 6) is 0.475. The molecule has 1 N–H and O–H groups in total. The molecule has 0 saturated heterocycles. The Morgan fingerprint density at radius 2 is 1.83 bits per heavy atom. The number of nitrogens with one attached hydrogen (secondary N) is 1. The molecule has 2 aromatic rings. The topological polar surface area (TPSA) is 64.6 Å². The fourth-order valence-corrected chi connectivity index (χ4v) is 2.38. The van der Waals surface area contributed by atoms with E-state index in [-0.39, 0.29) is 12.5 Å². The van der Waals surface area contributed by atoms with E-state index in [1.807, 2.05) is 0 Å². The van der Waals surface area contributed by atoms with Gasteiger partial charge in [0.05, 0.1) is 0 Å². The largest absolute Gasteiger partial charge is 0.482 e. The smallest absolute Gasteiger partial charge is 0.349 e. The Bertz CT molecular complexity index is 743. The van der Waals surface area contributed by atoms with Crippen molar-refractivity contribution < 1.29 is 19.1 Å². The lowest BCUT2D eigenvalue weighted by Crippen LogP contribution is -2.20. The number of benzene rings is 2. The number of anilines is 1. The molecule has 118 valence electrons. The molecule has 1 aliphatic heterocycles. The number of fused-ring (bicyclic) bond motifs is 1. The van der Waals surface area contributed by atoms with Crippen LogP contribution in [0.1, 0.15) is 12.0 Å². The van der Waals surface area contributed by atoms with Gasteiger partial charge in [0.1, 0.15) is 11.5 Å². The molecule has 0 aliphatic carbocycles. The highest BCUT2D eigenvalue weighted by atomic mass is 35.5. The minimum absolute atomic E-state index is 0.00129. The quantitative estimate of drug-likeness (QED) is 0.690. The van der Waals surface area contributed by atoms with E-state index in [0.29, 0.717) is 29.4 Å². The Labute approximate surface area is 138 Å². The van der Waals surface area contributed by atoms with Crippen molar-refractivity contribution >= 4 is 29.2 Å². The third-order valence-electron chi connectivity index (χ3n) is 3.37. The number of aryl methyl sites for hydroxylation is 1. The Morgan fingerprint density at radius 1 is 1.09 bits per heavy atom. The average molecular weight is 332 g/mol. The van der Waals surface area contributed by atoms with E-state index in [4.69, 9.17) is 21.1 Å². The molecule has 0 spiro atoms. The van der Waals surface area contributed by atoms with Crippen LogP contribution in [0.3, 0.4) is 0 Å². The number of esters is 1. The van der Waals surface area contributed by atoms with Crippen LogP contribution in [0.15, 0.2) is 42.5 Å². The first-order chi connectivity index (χ1) is 11.1. The average Bonchev–Trinajstić information content (AvgIpc) is 2.54. The molecule has 0 atom stereocenters. The zero-order chi connectivity index (χ0) is 16.2. The maximum atomic E-state index is 11.8. The molecule has 0 radical (unpaired) electrons.